The summed E-state index contributed by atoms with van der Waals surface area (Å²) in [5.41, 5.74) is 1.84. The standard InChI is InChI=1S/C20H21Cl2NO4/c1-3-26-20(25)18-12(2)23(11-14-5-4-8-27-14)19(24)15(18)9-13-6-7-16(21)17(22)10-13/h6-7,9-10,14H,3-5,8,11H2,1-2H3. The van der Waals surface area contributed by atoms with Crippen LogP contribution in [0.3, 0.4) is 0 Å². The van der Waals surface area contributed by atoms with Gasteiger partial charge in [-0.05, 0) is 50.5 Å². The van der Waals surface area contributed by atoms with Gasteiger partial charge in [-0.2, -0.15) is 0 Å². The van der Waals surface area contributed by atoms with Crippen LogP contribution in [0.2, 0.25) is 10.0 Å². The Bertz CT molecular complexity index is 825. The fourth-order valence-corrected chi connectivity index (χ4v) is 3.62. The Labute approximate surface area is 168 Å². The van der Waals surface area contributed by atoms with E-state index in [0.29, 0.717) is 40.0 Å². The molecular formula is C20H21Cl2NO4. The number of rotatable bonds is 5. The van der Waals surface area contributed by atoms with Gasteiger partial charge in [0.2, 0.25) is 0 Å². The summed E-state index contributed by atoms with van der Waals surface area (Å²) in [5.74, 6) is -0.748. The van der Waals surface area contributed by atoms with Gasteiger partial charge in [-0.15, -0.1) is 0 Å². The number of hydrogen-bond donors (Lipinski definition) is 0. The topological polar surface area (TPSA) is 55.8 Å². The van der Waals surface area contributed by atoms with Gasteiger partial charge in [0.25, 0.3) is 5.91 Å². The third-order valence-corrected chi connectivity index (χ3v) is 5.40. The van der Waals surface area contributed by atoms with Crippen LogP contribution in [0.1, 0.15) is 32.3 Å². The third kappa shape index (κ3) is 4.21. The third-order valence-electron chi connectivity index (χ3n) is 4.66. The van der Waals surface area contributed by atoms with Crippen LogP contribution in [0.25, 0.3) is 6.08 Å². The van der Waals surface area contributed by atoms with Gasteiger partial charge in [0.15, 0.2) is 0 Å². The normalized spacial score (nSPS) is 21.5. The molecule has 0 bridgehead atoms. The van der Waals surface area contributed by atoms with Crippen molar-refractivity contribution in [2.45, 2.75) is 32.8 Å². The van der Waals surface area contributed by atoms with Gasteiger partial charge >= 0.3 is 5.97 Å². The van der Waals surface area contributed by atoms with Crippen LogP contribution in [0.5, 0.6) is 0 Å². The number of esters is 1. The second-order valence-corrected chi connectivity index (χ2v) is 7.28. The summed E-state index contributed by atoms with van der Waals surface area (Å²) in [6, 6.07) is 5.06. The van der Waals surface area contributed by atoms with Crippen LogP contribution >= 0.6 is 23.2 Å². The maximum Gasteiger partial charge on any atom is 0.340 e. The summed E-state index contributed by atoms with van der Waals surface area (Å²) in [4.78, 5) is 27.2. The van der Waals surface area contributed by atoms with Crippen molar-refractivity contribution in [3.63, 3.8) is 0 Å². The van der Waals surface area contributed by atoms with E-state index in [1.165, 1.54) is 0 Å². The molecule has 27 heavy (non-hydrogen) atoms. The highest BCUT2D eigenvalue weighted by molar-refractivity contribution is 6.42. The minimum Gasteiger partial charge on any atom is -0.462 e. The zero-order valence-electron chi connectivity index (χ0n) is 15.3. The molecule has 7 heteroatoms. The largest absolute Gasteiger partial charge is 0.462 e. The molecule has 144 valence electrons. The maximum atomic E-state index is 13.1. The van der Waals surface area contributed by atoms with Gasteiger partial charge in [0.05, 0.1) is 40.4 Å². The van der Waals surface area contributed by atoms with Crippen molar-refractivity contribution in [2.24, 2.45) is 0 Å². The van der Waals surface area contributed by atoms with Gasteiger partial charge < -0.3 is 14.4 Å². The molecule has 0 saturated carbocycles. The van der Waals surface area contributed by atoms with E-state index in [4.69, 9.17) is 32.7 Å². The van der Waals surface area contributed by atoms with Gasteiger partial charge in [0, 0.05) is 12.3 Å². The van der Waals surface area contributed by atoms with E-state index in [1.807, 2.05) is 0 Å². The predicted molar refractivity (Wildman–Crippen MR) is 104 cm³/mol. The zero-order chi connectivity index (χ0) is 19.6. The maximum absolute atomic E-state index is 13.1. The molecular weight excluding hydrogens is 389 g/mol. The van der Waals surface area contributed by atoms with Gasteiger partial charge in [-0.1, -0.05) is 29.3 Å². The number of amides is 1. The summed E-state index contributed by atoms with van der Waals surface area (Å²) in [6.07, 6.45) is 3.51. The molecule has 2 heterocycles. The summed E-state index contributed by atoms with van der Waals surface area (Å²) in [7, 11) is 0. The zero-order valence-corrected chi connectivity index (χ0v) is 16.8. The fraction of sp³-hybridized carbons (Fsp3) is 0.400. The molecule has 1 atom stereocenters. The van der Waals surface area contributed by atoms with Gasteiger partial charge in [-0.3, -0.25) is 4.79 Å². The highest BCUT2D eigenvalue weighted by atomic mass is 35.5. The number of nitrogens with zero attached hydrogens (tertiary/aromatic N) is 1. The highest BCUT2D eigenvalue weighted by Crippen LogP contribution is 2.33. The number of ether oxygens (including phenoxy) is 2. The van der Waals surface area contributed by atoms with Gasteiger partial charge in [-0.25, -0.2) is 4.79 Å². The number of allylic oxidation sites excluding steroid dienone is 1. The summed E-state index contributed by atoms with van der Waals surface area (Å²) < 4.78 is 10.8. The molecule has 0 N–H and O–H groups in total. The van der Waals surface area contributed by atoms with Crippen molar-refractivity contribution in [3.8, 4) is 0 Å². The quantitative estimate of drug-likeness (QED) is 0.539. The first-order valence-corrected chi connectivity index (χ1v) is 9.66. The lowest BCUT2D eigenvalue weighted by atomic mass is 10.0. The first kappa shape index (κ1) is 19.9. The molecule has 1 saturated heterocycles. The van der Waals surface area contributed by atoms with Crippen molar-refractivity contribution in [3.05, 3.63) is 50.7 Å². The average molecular weight is 410 g/mol. The van der Waals surface area contributed by atoms with Gasteiger partial charge in [0.1, 0.15) is 0 Å². The van der Waals surface area contributed by atoms with Crippen LogP contribution in [0, 0.1) is 0 Å². The lowest BCUT2D eigenvalue weighted by molar-refractivity contribution is -0.138. The van der Waals surface area contributed by atoms with Crippen LogP contribution < -0.4 is 0 Å². The lowest BCUT2D eigenvalue weighted by Gasteiger charge is -2.21. The Balaban J connectivity index is 1.98. The minimum absolute atomic E-state index is 0.0170. The number of carbonyl (C=O) groups is 2. The fourth-order valence-electron chi connectivity index (χ4n) is 3.31. The number of benzene rings is 1. The second kappa shape index (κ2) is 8.46. The Morgan fingerprint density at radius 2 is 2.15 bits per heavy atom. The number of halogens is 2. The van der Waals surface area contributed by atoms with Crippen LogP contribution in [0.15, 0.2) is 35.0 Å². The minimum atomic E-state index is -0.510. The van der Waals surface area contributed by atoms with Crippen molar-refractivity contribution in [2.75, 3.05) is 19.8 Å². The van der Waals surface area contributed by atoms with E-state index >= 15 is 0 Å². The lowest BCUT2D eigenvalue weighted by Crippen LogP contribution is -2.33. The molecule has 2 aliphatic heterocycles. The van der Waals surface area contributed by atoms with E-state index < -0.39 is 5.97 Å². The Morgan fingerprint density at radius 1 is 1.37 bits per heavy atom. The van der Waals surface area contributed by atoms with Crippen molar-refractivity contribution < 1.29 is 19.1 Å². The molecule has 0 aromatic heterocycles. The van der Waals surface area contributed by atoms with Crippen LogP contribution in [-0.4, -0.2) is 42.6 Å². The molecule has 0 aliphatic carbocycles. The molecule has 0 radical (unpaired) electrons. The Kier molecular flexibility index (Phi) is 6.25. The monoisotopic (exact) mass is 409 g/mol. The van der Waals surface area contributed by atoms with Crippen molar-refractivity contribution in [1.29, 1.82) is 0 Å². The van der Waals surface area contributed by atoms with Crippen molar-refractivity contribution >= 4 is 41.2 Å². The molecule has 2 aliphatic rings. The van der Waals surface area contributed by atoms with E-state index in [0.717, 1.165) is 12.8 Å². The Hall–Kier alpha value is -1.82. The summed E-state index contributed by atoms with van der Waals surface area (Å²) >= 11 is 12.0. The van der Waals surface area contributed by atoms with E-state index in [-0.39, 0.29) is 24.2 Å². The molecule has 1 fully saturated rings. The van der Waals surface area contributed by atoms with Crippen LogP contribution in [0.4, 0.5) is 0 Å². The SMILES string of the molecule is CCOC(=O)C1=C(C)N(CC2CCCO2)C(=O)C1=Cc1ccc(Cl)c(Cl)c1. The van der Waals surface area contributed by atoms with E-state index in [1.54, 1.807) is 43.0 Å². The summed E-state index contributed by atoms with van der Waals surface area (Å²) in [5, 5.41) is 0.806. The van der Waals surface area contributed by atoms with Crippen LogP contribution in [-0.2, 0) is 19.1 Å². The van der Waals surface area contributed by atoms with Crippen molar-refractivity contribution in [1.82, 2.24) is 4.90 Å². The highest BCUT2D eigenvalue weighted by Gasteiger charge is 2.38. The molecule has 3 rings (SSSR count). The molecule has 0 spiro atoms. The van der Waals surface area contributed by atoms with E-state index in [9.17, 15) is 9.59 Å². The average Bonchev–Trinajstić information content (AvgIpc) is 3.21. The molecule has 1 aromatic carbocycles. The Morgan fingerprint density at radius 3 is 2.78 bits per heavy atom. The molecule has 5 nitrogen and oxygen atoms in total. The number of carbonyl (C=O) groups excluding carboxylic acids is 2. The predicted octanol–water partition coefficient (Wildman–Crippen LogP) is 4.24. The molecule has 1 unspecified atom stereocenters. The molecule has 1 aromatic rings. The number of hydrogen-bond acceptors (Lipinski definition) is 4. The first-order chi connectivity index (χ1) is 12.9. The smallest absolute Gasteiger partial charge is 0.340 e. The first-order valence-electron chi connectivity index (χ1n) is 8.91. The molecule has 1 amide bonds. The summed E-state index contributed by atoms with van der Waals surface area (Å²) in [6.45, 7) is 4.85. The van der Waals surface area contributed by atoms with E-state index in [2.05, 4.69) is 0 Å². The second-order valence-electron chi connectivity index (χ2n) is 6.46.